The van der Waals surface area contributed by atoms with Gasteiger partial charge in [-0.3, -0.25) is 0 Å². The summed E-state index contributed by atoms with van der Waals surface area (Å²) in [6.07, 6.45) is 2.75. The van der Waals surface area contributed by atoms with Crippen LogP contribution in [0.4, 0.5) is 0 Å². The second-order valence-electron chi connectivity index (χ2n) is 5.47. The molecule has 1 aromatic heterocycles. The number of aliphatic hydroxyl groups excluding tert-OH is 1. The number of nitrogens with zero attached hydrogens (tertiary/aromatic N) is 2. The van der Waals surface area contributed by atoms with Crippen molar-refractivity contribution in [3.05, 3.63) is 29.6 Å². The van der Waals surface area contributed by atoms with E-state index in [4.69, 9.17) is 10.2 Å². The monoisotopic (exact) mass is 290 g/mol. The molecule has 1 atom stereocenters. The second-order valence-corrected chi connectivity index (χ2v) is 5.47. The minimum Gasteiger partial charge on any atom is -0.478 e. The molecule has 0 aliphatic rings. The molecular formula is C16H22N2O3. The van der Waals surface area contributed by atoms with E-state index < -0.39 is 5.97 Å². The van der Waals surface area contributed by atoms with Gasteiger partial charge in [-0.2, -0.15) is 0 Å². The number of hydrogen-bond donors (Lipinski definition) is 2. The number of benzene rings is 1. The summed E-state index contributed by atoms with van der Waals surface area (Å²) in [6, 6.07) is 5.09. The van der Waals surface area contributed by atoms with Crippen molar-refractivity contribution in [2.75, 3.05) is 6.61 Å². The van der Waals surface area contributed by atoms with Crippen molar-refractivity contribution in [3.63, 3.8) is 0 Å². The van der Waals surface area contributed by atoms with Crippen LogP contribution in [0.15, 0.2) is 18.2 Å². The highest BCUT2D eigenvalue weighted by Crippen LogP contribution is 2.20. The average Bonchev–Trinajstić information content (AvgIpc) is 2.84. The molecule has 0 amide bonds. The first kappa shape index (κ1) is 15.5. The van der Waals surface area contributed by atoms with Crippen LogP contribution in [0.3, 0.4) is 0 Å². The molecule has 21 heavy (non-hydrogen) atoms. The van der Waals surface area contributed by atoms with Gasteiger partial charge in [-0.05, 0) is 37.0 Å². The molecule has 5 nitrogen and oxygen atoms in total. The number of carboxylic acid groups (broad SMARTS) is 1. The number of carbonyl (C=O) groups is 1. The third-order valence-corrected chi connectivity index (χ3v) is 3.78. The Morgan fingerprint density at radius 2 is 2.19 bits per heavy atom. The van der Waals surface area contributed by atoms with Gasteiger partial charge in [-0.15, -0.1) is 0 Å². The van der Waals surface area contributed by atoms with Crippen LogP contribution in [0.1, 0.15) is 42.9 Å². The van der Waals surface area contributed by atoms with Gasteiger partial charge >= 0.3 is 5.97 Å². The van der Waals surface area contributed by atoms with Gasteiger partial charge in [0.15, 0.2) is 0 Å². The first-order chi connectivity index (χ1) is 10.1. The summed E-state index contributed by atoms with van der Waals surface area (Å²) >= 11 is 0. The number of aromatic carboxylic acids is 1. The summed E-state index contributed by atoms with van der Waals surface area (Å²) in [4.78, 5) is 15.6. The summed E-state index contributed by atoms with van der Waals surface area (Å²) in [5, 5.41) is 18.1. The van der Waals surface area contributed by atoms with E-state index in [1.165, 1.54) is 0 Å². The second kappa shape index (κ2) is 6.72. The number of hydrogen-bond acceptors (Lipinski definition) is 3. The van der Waals surface area contributed by atoms with Crippen molar-refractivity contribution in [1.29, 1.82) is 0 Å². The molecule has 0 saturated carbocycles. The normalized spacial score (nSPS) is 12.7. The minimum atomic E-state index is -0.929. The Kier molecular flexibility index (Phi) is 4.96. The highest BCUT2D eigenvalue weighted by molar-refractivity contribution is 5.92. The van der Waals surface area contributed by atoms with Crippen LogP contribution in [0.2, 0.25) is 0 Å². The lowest BCUT2D eigenvalue weighted by Gasteiger charge is -2.10. The van der Waals surface area contributed by atoms with E-state index in [9.17, 15) is 4.79 Å². The van der Waals surface area contributed by atoms with E-state index in [1.807, 2.05) is 19.9 Å². The predicted octanol–water partition coefficient (Wildman–Crippen LogP) is 2.71. The summed E-state index contributed by atoms with van der Waals surface area (Å²) in [7, 11) is 0. The Balaban J connectivity index is 2.26. The summed E-state index contributed by atoms with van der Waals surface area (Å²) in [6.45, 7) is 5.14. The lowest BCUT2D eigenvalue weighted by atomic mass is 10.1. The van der Waals surface area contributed by atoms with E-state index in [2.05, 4.69) is 9.55 Å². The van der Waals surface area contributed by atoms with Gasteiger partial charge in [-0.1, -0.05) is 13.8 Å². The van der Waals surface area contributed by atoms with E-state index in [1.54, 1.807) is 12.1 Å². The van der Waals surface area contributed by atoms with E-state index >= 15 is 0 Å². The zero-order valence-electron chi connectivity index (χ0n) is 12.5. The standard InChI is InChI=1S/C16H22N2O3/c1-3-15-17-13-9-12(16(20)21)6-7-14(13)18(15)8-4-5-11(2)10-19/h6-7,9,11,19H,3-5,8,10H2,1-2H3,(H,20,21). The molecule has 1 unspecified atom stereocenters. The van der Waals surface area contributed by atoms with Crippen LogP contribution in [0.5, 0.6) is 0 Å². The van der Waals surface area contributed by atoms with Crippen LogP contribution in [0, 0.1) is 5.92 Å². The molecule has 0 spiro atoms. The van der Waals surface area contributed by atoms with Gasteiger partial charge in [0.2, 0.25) is 0 Å². The molecule has 0 radical (unpaired) electrons. The van der Waals surface area contributed by atoms with Crippen LogP contribution in [0.25, 0.3) is 11.0 Å². The fourth-order valence-electron chi connectivity index (χ4n) is 2.52. The number of carboxylic acids is 1. The molecule has 5 heteroatoms. The van der Waals surface area contributed by atoms with Crippen molar-refractivity contribution in [3.8, 4) is 0 Å². The number of rotatable bonds is 7. The zero-order chi connectivity index (χ0) is 15.4. The molecule has 0 fully saturated rings. The molecule has 0 bridgehead atoms. The molecular weight excluding hydrogens is 268 g/mol. The van der Waals surface area contributed by atoms with E-state index in [-0.39, 0.29) is 12.2 Å². The smallest absolute Gasteiger partial charge is 0.335 e. The number of imidazole rings is 1. The average molecular weight is 290 g/mol. The van der Waals surface area contributed by atoms with Crippen molar-refractivity contribution >= 4 is 17.0 Å². The lowest BCUT2D eigenvalue weighted by molar-refractivity contribution is 0.0697. The van der Waals surface area contributed by atoms with Crippen LogP contribution < -0.4 is 0 Å². The van der Waals surface area contributed by atoms with Gasteiger partial charge in [-0.25, -0.2) is 9.78 Å². The largest absolute Gasteiger partial charge is 0.478 e. The Bertz CT molecular complexity index is 634. The maximum atomic E-state index is 11.0. The number of aryl methyl sites for hydroxylation is 2. The van der Waals surface area contributed by atoms with Gasteiger partial charge in [0.05, 0.1) is 16.6 Å². The number of aromatic nitrogens is 2. The quantitative estimate of drug-likeness (QED) is 0.822. The SMILES string of the molecule is CCc1nc2cc(C(=O)O)ccc2n1CCCC(C)CO. The minimum absolute atomic E-state index is 0.216. The van der Waals surface area contributed by atoms with Crippen LogP contribution in [-0.2, 0) is 13.0 Å². The topological polar surface area (TPSA) is 75.3 Å². The summed E-state index contributed by atoms with van der Waals surface area (Å²) < 4.78 is 2.16. The zero-order valence-corrected chi connectivity index (χ0v) is 12.5. The molecule has 1 aromatic carbocycles. The molecule has 2 aromatic rings. The molecule has 0 aliphatic heterocycles. The Labute approximate surface area is 124 Å². The molecule has 2 rings (SSSR count). The fraction of sp³-hybridized carbons (Fsp3) is 0.500. The first-order valence-corrected chi connectivity index (χ1v) is 7.40. The van der Waals surface area contributed by atoms with E-state index in [0.29, 0.717) is 5.92 Å². The summed E-state index contributed by atoms with van der Waals surface area (Å²) in [5.41, 5.74) is 1.99. The lowest BCUT2D eigenvalue weighted by Crippen LogP contribution is -2.06. The maximum Gasteiger partial charge on any atom is 0.335 e. The Morgan fingerprint density at radius 1 is 1.43 bits per heavy atom. The van der Waals surface area contributed by atoms with E-state index in [0.717, 1.165) is 42.7 Å². The molecule has 0 aliphatic carbocycles. The third kappa shape index (κ3) is 3.42. The van der Waals surface area contributed by atoms with Gasteiger partial charge in [0.25, 0.3) is 0 Å². The molecule has 0 saturated heterocycles. The highest BCUT2D eigenvalue weighted by Gasteiger charge is 2.12. The molecule has 2 N–H and O–H groups in total. The maximum absolute atomic E-state index is 11.0. The van der Waals surface area contributed by atoms with Gasteiger partial charge in [0, 0.05) is 19.6 Å². The fourth-order valence-corrected chi connectivity index (χ4v) is 2.52. The first-order valence-electron chi connectivity index (χ1n) is 7.40. The number of aliphatic hydroxyl groups is 1. The molecule has 1 heterocycles. The Hall–Kier alpha value is -1.88. The van der Waals surface area contributed by atoms with Crippen LogP contribution >= 0.6 is 0 Å². The van der Waals surface area contributed by atoms with Crippen molar-refractivity contribution < 1.29 is 15.0 Å². The van der Waals surface area contributed by atoms with Crippen molar-refractivity contribution in [1.82, 2.24) is 9.55 Å². The third-order valence-electron chi connectivity index (χ3n) is 3.78. The highest BCUT2D eigenvalue weighted by atomic mass is 16.4. The van der Waals surface area contributed by atoms with Gasteiger partial charge in [0.1, 0.15) is 5.82 Å². The van der Waals surface area contributed by atoms with Crippen LogP contribution in [-0.4, -0.2) is 32.3 Å². The summed E-state index contributed by atoms with van der Waals surface area (Å²) in [5.74, 6) is 0.355. The van der Waals surface area contributed by atoms with Crippen molar-refractivity contribution in [2.45, 2.75) is 39.7 Å². The molecule has 114 valence electrons. The van der Waals surface area contributed by atoms with Gasteiger partial charge < -0.3 is 14.8 Å². The van der Waals surface area contributed by atoms with Crippen molar-refractivity contribution in [2.24, 2.45) is 5.92 Å². The predicted molar refractivity (Wildman–Crippen MR) is 81.6 cm³/mol. The Morgan fingerprint density at radius 3 is 2.81 bits per heavy atom. The number of fused-ring (bicyclic) bond motifs is 1.